The number of rotatable bonds is 1. The molecule has 0 bridgehead atoms. The molecule has 0 aliphatic heterocycles. The van der Waals surface area contributed by atoms with E-state index in [-0.39, 0.29) is 17.4 Å². The maximum Gasteiger partial charge on any atom is 0.252 e. The largest absolute Gasteiger partial charge is 0.307 e. The Kier molecular flexibility index (Phi) is 35.4. The van der Waals surface area contributed by atoms with Gasteiger partial charge in [0.2, 0.25) is 0 Å². The Bertz CT molecular complexity index is 252. The molecule has 88 valence electrons. The van der Waals surface area contributed by atoms with Gasteiger partial charge < -0.3 is 14.4 Å². The molecule has 1 rings (SSSR count). The molecule has 0 N–H and O–H groups in total. The van der Waals surface area contributed by atoms with Gasteiger partial charge in [-0.15, -0.1) is 0 Å². The Morgan fingerprint density at radius 1 is 0.875 bits per heavy atom. The average Bonchev–Trinajstić information content (AvgIpc) is 2.38. The van der Waals surface area contributed by atoms with Crippen LogP contribution in [0.25, 0.3) is 0 Å². The fourth-order valence-corrected chi connectivity index (χ4v) is 0.695. The van der Waals surface area contributed by atoms with E-state index in [1.54, 1.807) is 24.3 Å². The third kappa shape index (κ3) is 15.2. The van der Waals surface area contributed by atoms with Gasteiger partial charge in [0.25, 0.3) is 5.24 Å². The normalized spacial score (nSPS) is 5.81. The van der Waals surface area contributed by atoms with E-state index >= 15 is 0 Å². The van der Waals surface area contributed by atoms with Crippen molar-refractivity contribution in [3.05, 3.63) is 35.9 Å². The predicted octanol–water partition coefficient (Wildman–Crippen LogP) is 1.51. The van der Waals surface area contributed by atoms with Crippen LogP contribution in [-0.2, 0) is 31.7 Å². The fraction of sp³-hybridized carbons (Fsp3) is 0. The van der Waals surface area contributed by atoms with Crippen LogP contribution in [0.15, 0.2) is 30.3 Å². The summed E-state index contributed by atoms with van der Waals surface area (Å²) in [7, 11) is 0. The second-order valence-corrected chi connectivity index (χ2v) is 1.98. The molecule has 1 aromatic carbocycles. The molecule has 0 aromatic heterocycles. The first kappa shape index (κ1) is 24.1. The van der Waals surface area contributed by atoms with Crippen molar-refractivity contribution >= 4 is 37.2 Å². The summed E-state index contributed by atoms with van der Waals surface area (Å²) in [6.45, 7) is 6.00. The van der Waals surface area contributed by atoms with E-state index in [2.05, 4.69) is 0 Å². The number of carbonyl (C=O) groups excluding carboxylic acids is 4. The molecule has 0 radical (unpaired) electrons. The molecule has 0 spiro atoms. The van der Waals surface area contributed by atoms with Crippen LogP contribution in [0.5, 0.6) is 0 Å². The van der Waals surface area contributed by atoms with Crippen LogP contribution in [-0.4, -0.2) is 25.6 Å². The van der Waals surface area contributed by atoms with Gasteiger partial charge in [-0.2, -0.15) is 0 Å². The molecule has 16 heavy (non-hydrogen) atoms. The zero-order chi connectivity index (χ0) is 12.7. The second-order valence-electron chi connectivity index (χ2n) is 1.64. The summed E-state index contributed by atoms with van der Waals surface area (Å²) < 4.78 is 0. The number of halogens is 1. The quantitative estimate of drug-likeness (QED) is 0.732. The average molecular weight is 283 g/mol. The summed E-state index contributed by atoms with van der Waals surface area (Å²) in [6, 6.07) is 8.74. The minimum Gasteiger partial charge on any atom is -0.307 e. The smallest absolute Gasteiger partial charge is 0.252 e. The Balaban J connectivity index is -0.0000000900. The number of hydrogen-bond acceptors (Lipinski definition) is 4. The predicted molar refractivity (Wildman–Crippen MR) is 58.0 cm³/mol. The van der Waals surface area contributed by atoms with E-state index in [4.69, 9.17) is 26.0 Å². The molecule has 0 aliphatic carbocycles. The summed E-state index contributed by atoms with van der Waals surface area (Å²) in [5.74, 6) is 0. The Hall–Kier alpha value is -1.28. The van der Waals surface area contributed by atoms with E-state index in [1.165, 1.54) is 0 Å². The molecule has 0 aliphatic rings. The third-order valence-electron chi connectivity index (χ3n) is 1.00. The first-order valence-electron chi connectivity index (χ1n) is 3.42. The van der Waals surface area contributed by atoms with Crippen molar-refractivity contribution in [2.45, 2.75) is 0 Å². The van der Waals surface area contributed by atoms with Gasteiger partial charge in [-0.05, 0) is 11.6 Å². The van der Waals surface area contributed by atoms with Crippen LogP contribution in [0.2, 0.25) is 0 Å². The van der Waals surface area contributed by atoms with Gasteiger partial charge in [-0.25, -0.2) is 0 Å². The molecule has 0 amide bonds. The summed E-state index contributed by atoms with van der Waals surface area (Å²) in [6.07, 6.45) is 0. The van der Waals surface area contributed by atoms with E-state index < -0.39 is 5.24 Å². The number of carbonyl (C=O) groups is 4. The van der Waals surface area contributed by atoms with Crippen molar-refractivity contribution in [3.63, 3.8) is 0 Å². The van der Waals surface area contributed by atoms with Crippen LogP contribution in [0.3, 0.4) is 0 Å². The number of benzene rings is 1. The molecule has 0 atom stereocenters. The van der Waals surface area contributed by atoms with Gasteiger partial charge in [0.05, 0.1) is 0 Å². The zero-order valence-electron chi connectivity index (χ0n) is 8.43. The molecule has 0 unspecified atom stereocenters. The first-order chi connectivity index (χ1) is 7.30. The van der Waals surface area contributed by atoms with E-state index in [1.807, 2.05) is 26.4 Å². The molecule has 0 saturated carbocycles. The van der Waals surface area contributed by atoms with Crippen LogP contribution < -0.4 is 0 Å². The van der Waals surface area contributed by atoms with Gasteiger partial charge in [0.1, 0.15) is 20.4 Å². The van der Waals surface area contributed by atoms with Crippen molar-refractivity contribution in [1.29, 1.82) is 0 Å². The van der Waals surface area contributed by atoms with Crippen LogP contribution in [0.4, 0.5) is 0 Å². The monoisotopic (exact) mass is 282 g/mol. The molecule has 4 nitrogen and oxygen atoms in total. The van der Waals surface area contributed by atoms with E-state index in [9.17, 15) is 4.79 Å². The molecule has 0 saturated heterocycles. The first-order valence-corrected chi connectivity index (χ1v) is 3.80. The molecular formula is C10H11ClCrO4. The van der Waals surface area contributed by atoms with Crippen LogP contribution in [0.1, 0.15) is 10.4 Å². The third-order valence-corrected chi connectivity index (χ3v) is 1.22. The van der Waals surface area contributed by atoms with E-state index in [0.717, 1.165) is 0 Å². The number of hydrogen-bond donors (Lipinski definition) is 0. The Morgan fingerprint density at radius 3 is 1.38 bits per heavy atom. The summed E-state index contributed by atoms with van der Waals surface area (Å²) in [5.41, 5.74) is 0.541. The van der Waals surface area contributed by atoms with Gasteiger partial charge in [0.15, 0.2) is 0 Å². The standard InChI is InChI=1S/C7H5ClO.3CH2O.Cr/c8-7(9)6-4-2-1-3-5-6;3*1-2;/h1-5H;3*1H2;. The summed E-state index contributed by atoms with van der Waals surface area (Å²) >= 11 is 5.16. The van der Waals surface area contributed by atoms with Crippen molar-refractivity contribution in [2.75, 3.05) is 0 Å². The molecule has 6 heteroatoms. The minimum atomic E-state index is -0.407. The van der Waals surface area contributed by atoms with Crippen LogP contribution in [0, 0.1) is 0 Å². The second kappa shape index (κ2) is 23.5. The van der Waals surface area contributed by atoms with Crippen molar-refractivity contribution in [3.8, 4) is 0 Å². The van der Waals surface area contributed by atoms with Gasteiger partial charge >= 0.3 is 0 Å². The Morgan fingerprint density at radius 2 is 1.19 bits per heavy atom. The maximum absolute atomic E-state index is 10.4. The summed E-state index contributed by atoms with van der Waals surface area (Å²) in [5, 5.41) is -0.407. The van der Waals surface area contributed by atoms with Crippen LogP contribution >= 0.6 is 11.6 Å². The van der Waals surface area contributed by atoms with Crippen molar-refractivity contribution < 1.29 is 36.5 Å². The minimum absolute atomic E-state index is 0. The maximum atomic E-state index is 10.4. The molecule has 0 heterocycles. The SMILES string of the molecule is C=O.C=O.C=O.O=C(Cl)c1ccccc1.[Cr]. The topological polar surface area (TPSA) is 68.3 Å². The molecule has 1 aromatic rings. The van der Waals surface area contributed by atoms with Gasteiger partial charge in [-0.3, -0.25) is 4.79 Å². The molecule has 0 fully saturated rings. The van der Waals surface area contributed by atoms with Crippen molar-refractivity contribution in [1.82, 2.24) is 0 Å². The fourth-order valence-electron chi connectivity index (χ4n) is 0.569. The van der Waals surface area contributed by atoms with Gasteiger partial charge in [0, 0.05) is 22.9 Å². The molecular weight excluding hydrogens is 272 g/mol. The Labute approximate surface area is 110 Å². The van der Waals surface area contributed by atoms with E-state index in [0.29, 0.717) is 5.56 Å². The summed E-state index contributed by atoms with van der Waals surface area (Å²) in [4.78, 5) is 34.4. The van der Waals surface area contributed by atoms with Crippen molar-refractivity contribution in [2.24, 2.45) is 0 Å². The van der Waals surface area contributed by atoms with Gasteiger partial charge in [-0.1, -0.05) is 30.3 Å². The zero-order valence-corrected chi connectivity index (χ0v) is 10.5.